The fourth-order valence-electron chi connectivity index (χ4n) is 2.14. The number of esters is 1. The zero-order valence-corrected chi connectivity index (χ0v) is 13.2. The van der Waals surface area contributed by atoms with Crippen LogP contribution in [0.15, 0.2) is 36.5 Å². The lowest BCUT2D eigenvalue weighted by molar-refractivity contribution is 0.0600. The van der Waals surface area contributed by atoms with Crippen molar-refractivity contribution in [2.75, 3.05) is 7.11 Å². The molecular weight excluding hydrogens is 310 g/mol. The lowest BCUT2D eigenvalue weighted by Crippen LogP contribution is -2.24. The summed E-state index contributed by atoms with van der Waals surface area (Å²) in [4.78, 5) is 31.7. The van der Waals surface area contributed by atoms with E-state index in [9.17, 15) is 9.59 Å². The molecule has 122 valence electrons. The molecule has 8 nitrogen and oxygen atoms in total. The van der Waals surface area contributed by atoms with E-state index in [1.807, 2.05) is 6.92 Å². The summed E-state index contributed by atoms with van der Waals surface area (Å²) in [7, 11) is 1.33. The molecule has 2 aromatic heterocycles. The molecule has 3 aromatic rings. The van der Waals surface area contributed by atoms with Crippen LogP contribution in [0.25, 0.3) is 5.78 Å². The lowest BCUT2D eigenvalue weighted by atomic mass is 10.1. The van der Waals surface area contributed by atoms with Crippen molar-refractivity contribution in [3.05, 3.63) is 59.2 Å². The van der Waals surface area contributed by atoms with Gasteiger partial charge in [-0.1, -0.05) is 12.1 Å². The molecule has 1 N–H and O–H groups in total. The van der Waals surface area contributed by atoms with Crippen LogP contribution in [-0.4, -0.2) is 38.6 Å². The van der Waals surface area contributed by atoms with Crippen molar-refractivity contribution in [1.29, 1.82) is 0 Å². The maximum atomic E-state index is 12.2. The van der Waals surface area contributed by atoms with Crippen LogP contribution in [0.1, 0.15) is 32.2 Å². The Labute approximate surface area is 137 Å². The smallest absolute Gasteiger partial charge is 0.337 e. The molecule has 0 aliphatic heterocycles. The van der Waals surface area contributed by atoms with Crippen molar-refractivity contribution < 1.29 is 14.3 Å². The first-order chi connectivity index (χ1) is 11.6. The van der Waals surface area contributed by atoms with Crippen molar-refractivity contribution >= 4 is 17.7 Å². The van der Waals surface area contributed by atoms with Crippen molar-refractivity contribution in [2.24, 2.45) is 0 Å². The molecule has 0 unspecified atom stereocenters. The molecule has 1 aromatic carbocycles. The second-order valence-corrected chi connectivity index (χ2v) is 5.10. The summed E-state index contributed by atoms with van der Waals surface area (Å²) >= 11 is 0. The number of aromatic nitrogens is 4. The van der Waals surface area contributed by atoms with Gasteiger partial charge in [0.05, 0.1) is 12.7 Å². The van der Waals surface area contributed by atoms with Gasteiger partial charge < -0.3 is 10.1 Å². The largest absolute Gasteiger partial charge is 0.465 e. The van der Waals surface area contributed by atoms with Gasteiger partial charge in [0.25, 0.3) is 11.7 Å². The topological polar surface area (TPSA) is 98.5 Å². The van der Waals surface area contributed by atoms with E-state index in [1.54, 1.807) is 36.5 Å². The van der Waals surface area contributed by atoms with E-state index in [4.69, 9.17) is 0 Å². The van der Waals surface area contributed by atoms with Crippen LogP contribution in [0.3, 0.4) is 0 Å². The summed E-state index contributed by atoms with van der Waals surface area (Å²) < 4.78 is 6.15. The van der Waals surface area contributed by atoms with Gasteiger partial charge >= 0.3 is 5.97 Å². The number of rotatable bonds is 4. The zero-order valence-electron chi connectivity index (χ0n) is 13.2. The van der Waals surface area contributed by atoms with Gasteiger partial charge in [-0.25, -0.2) is 14.3 Å². The lowest BCUT2D eigenvalue weighted by Gasteiger charge is -2.04. The van der Waals surface area contributed by atoms with Crippen LogP contribution in [0.4, 0.5) is 0 Å². The third-order valence-electron chi connectivity index (χ3n) is 3.46. The molecule has 0 bridgehead atoms. The Morgan fingerprint density at radius 2 is 1.96 bits per heavy atom. The highest BCUT2D eigenvalue weighted by atomic mass is 16.5. The van der Waals surface area contributed by atoms with Gasteiger partial charge in [-0.05, 0) is 30.7 Å². The Balaban J connectivity index is 1.68. The average molecular weight is 325 g/mol. The van der Waals surface area contributed by atoms with Gasteiger partial charge in [-0.15, -0.1) is 5.10 Å². The fraction of sp³-hybridized carbons (Fsp3) is 0.188. The third-order valence-corrected chi connectivity index (χ3v) is 3.46. The summed E-state index contributed by atoms with van der Waals surface area (Å²) in [6.07, 6.45) is 1.61. The average Bonchev–Trinajstić information content (AvgIpc) is 3.05. The number of carbonyl (C=O) groups excluding carboxylic acids is 2. The molecule has 0 fully saturated rings. The Morgan fingerprint density at radius 3 is 2.62 bits per heavy atom. The van der Waals surface area contributed by atoms with Gasteiger partial charge in [0.15, 0.2) is 0 Å². The van der Waals surface area contributed by atoms with E-state index in [2.05, 4.69) is 25.1 Å². The van der Waals surface area contributed by atoms with Crippen molar-refractivity contribution in [3.63, 3.8) is 0 Å². The molecule has 0 spiro atoms. The molecule has 3 rings (SSSR count). The SMILES string of the molecule is COC(=O)c1ccc(CNC(=O)c2nc3nccc(C)n3n2)cc1. The number of amides is 1. The zero-order chi connectivity index (χ0) is 17.1. The molecule has 1 amide bonds. The van der Waals surface area contributed by atoms with Crippen molar-refractivity contribution in [1.82, 2.24) is 24.9 Å². The standard InChI is InChI=1S/C16H15N5O3/c1-10-7-8-17-16-19-13(20-21(10)16)14(22)18-9-11-3-5-12(6-4-11)15(23)24-2/h3-8H,9H2,1-2H3,(H,18,22). The van der Waals surface area contributed by atoms with Crippen molar-refractivity contribution in [3.8, 4) is 0 Å². The highest BCUT2D eigenvalue weighted by Gasteiger charge is 2.14. The van der Waals surface area contributed by atoms with E-state index in [0.717, 1.165) is 11.3 Å². The number of hydrogen-bond acceptors (Lipinski definition) is 6. The normalized spacial score (nSPS) is 10.6. The Morgan fingerprint density at radius 1 is 1.21 bits per heavy atom. The highest BCUT2D eigenvalue weighted by Crippen LogP contribution is 2.06. The van der Waals surface area contributed by atoms with E-state index >= 15 is 0 Å². The minimum Gasteiger partial charge on any atom is -0.465 e. The van der Waals surface area contributed by atoms with Crippen LogP contribution in [0.2, 0.25) is 0 Å². The van der Waals surface area contributed by atoms with Crippen LogP contribution >= 0.6 is 0 Å². The Bertz CT molecular complexity index is 902. The maximum Gasteiger partial charge on any atom is 0.337 e. The third kappa shape index (κ3) is 3.07. The number of methoxy groups -OCH3 is 1. The van der Waals surface area contributed by atoms with Crippen LogP contribution in [0, 0.1) is 6.92 Å². The van der Waals surface area contributed by atoms with E-state index in [-0.39, 0.29) is 5.82 Å². The van der Waals surface area contributed by atoms with Gasteiger partial charge in [0.1, 0.15) is 0 Å². The number of nitrogens with one attached hydrogen (secondary N) is 1. The number of benzene rings is 1. The van der Waals surface area contributed by atoms with Crippen LogP contribution in [-0.2, 0) is 11.3 Å². The van der Waals surface area contributed by atoms with Crippen molar-refractivity contribution in [2.45, 2.75) is 13.5 Å². The summed E-state index contributed by atoms with van der Waals surface area (Å²) in [5, 5.41) is 6.88. The van der Waals surface area contributed by atoms with Crippen LogP contribution < -0.4 is 5.32 Å². The minimum atomic E-state index is -0.401. The monoisotopic (exact) mass is 325 g/mol. The molecule has 0 aliphatic carbocycles. The molecule has 0 saturated carbocycles. The molecule has 0 saturated heterocycles. The highest BCUT2D eigenvalue weighted by molar-refractivity contribution is 5.91. The van der Waals surface area contributed by atoms with E-state index in [1.165, 1.54) is 11.6 Å². The van der Waals surface area contributed by atoms with Gasteiger partial charge in [-0.2, -0.15) is 4.98 Å². The van der Waals surface area contributed by atoms with Gasteiger partial charge in [0, 0.05) is 18.4 Å². The first-order valence-electron chi connectivity index (χ1n) is 7.22. The molecule has 0 radical (unpaired) electrons. The van der Waals surface area contributed by atoms with Crippen LogP contribution in [0.5, 0.6) is 0 Å². The number of fused-ring (bicyclic) bond motifs is 1. The molecule has 0 aliphatic rings. The second-order valence-electron chi connectivity index (χ2n) is 5.10. The number of aryl methyl sites for hydroxylation is 1. The number of nitrogens with zero attached hydrogens (tertiary/aromatic N) is 4. The maximum absolute atomic E-state index is 12.2. The first kappa shape index (κ1) is 15.6. The molecular formula is C16H15N5O3. The summed E-state index contributed by atoms with van der Waals surface area (Å²) in [6.45, 7) is 2.15. The summed E-state index contributed by atoms with van der Waals surface area (Å²) in [5.74, 6) is -0.357. The number of carbonyl (C=O) groups is 2. The molecule has 8 heteroatoms. The Hall–Kier alpha value is -3.29. The molecule has 2 heterocycles. The summed E-state index contributed by atoms with van der Waals surface area (Å²) in [5.41, 5.74) is 2.13. The van der Waals surface area contributed by atoms with E-state index in [0.29, 0.717) is 17.9 Å². The van der Waals surface area contributed by atoms with E-state index < -0.39 is 11.9 Å². The van der Waals surface area contributed by atoms with Gasteiger partial charge in [-0.3, -0.25) is 4.79 Å². The number of ether oxygens (including phenoxy) is 1. The molecule has 0 atom stereocenters. The van der Waals surface area contributed by atoms with Gasteiger partial charge in [0.2, 0.25) is 5.82 Å². The molecule has 24 heavy (non-hydrogen) atoms. The quantitative estimate of drug-likeness (QED) is 0.723. The predicted octanol–water partition coefficient (Wildman–Crippen LogP) is 1.15. The Kier molecular flexibility index (Phi) is 4.19. The number of hydrogen-bond donors (Lipinski definition) is 1. The second kappa shape index (κ2) is 6.45. The fourth-order valence-corrected chi connectivity index (χ4v) is 2.14. The first-order valence-corrected chi connectivity index (χ1v) is 7.22. The minimum absolute atomic E-state index is 0.0583. The predicted molar refractivity (Wildman–Crippen MR) is 84.5 cm³/mol. The summed E-state index contributed by atoms with van der Waals surface area (Å²) in [6, 6.07) is 8.56.